The van der Waals surface area contributed by atoms with E-state index in [1.807, 2.05) is 4.90 Å². The summed E-state index contributed by atoms with van der Waals surface area (Å²) >= 11 is 0. The van der Waals surface area contributed by atoms with Gasteiger partial charge in [0.05, 0.1) is 6.04 Å². The van der Waals surface area contributed by atoms with E-state index in [0.717, 1.165) is 19.5 Å². The van der Waals surface area contributed by atoms with Crippen LogP contribution < -0.4 is 10.9 Å². The molecular weight excluding hydrogens is 228 g/mol. The molecule has 3 atom stereocenters. The molecule has 5 nitrogen and oxygen atoms in total. The maximum absolute atomic E-state index is 12.5. The molecule has 0 spiro atoms. The van der Waals surface area contributed by atoms with Crippen LogP contribution in [0.5, 0.6) is 0 Å². The van der Waals surface area contributed by atoms with E-state index in [1.165, 1.54) is 5.69 Å². The molecule has 0 aliphatic carbocycles. The standard InChI is InChI=1S/C13H20N4O/c1-9-8-11(15-14-9)13(18)17-7-6-16-5-3-4-12(16)10(17)2/h3-5,9-11,14-15H,6-8H2,1-2H3. The van der Waals surface area contributed by atoms with Crippen LogP contribution in [-0.2, 0) is 11.3 Å². The zero-order valence-electron chi connectivity index (χ0n) is 10.9. The van der Waals surface area contributed by atoms with E-state index >= 15 is 0 Å². The first kappa shape index (κ1) is 11.7. The normalized spacial score (nSPS) is 31.4. The maximum Gasteiger partial charge on any atom is 0.241 e. The summed E-state index contributed by atoms with van der Waals surface area (Å²) in [6, 6.07) is 4.61. The van der Waals surface area contributed by atoms with Crippen LogP contribution in [0.25, 0.3) is 0 Å². The SMILES string of the molecule is CC1CC(C(=O)N2CCn3cccc3C2C)NN1. The van der Waals surface area contributed by atoms with Crippen LogP contribution >= 0.6 is 0 Å². The Morgan fingerprint density at radius 1 is 1.33 bits per heavy atom. The summed E-state index contributed by atoms with van der Waals surface area (Å²) in [6.07, 6.45) is 2.95. The second kappa shape index (κ2) is 4.40. The molecule has 1 fully saturated rings. The molecule has 5 heteroatoms. The predicted molar refractivity (Wildman–Crippen MR) is 68.7 cm³/mol. The maximum atomic E-state index is 12.5. The second-order valence-corrected chi connectivity index (χ2v) is 5.31. The van der Waals surface area contributed by atoms with Gasteiger partial charge < -0.3 is 9.47 Å². The Kier molecular flexibility index (Phi) is 2.87. The van der Waals surface area contributed by atoms with E-state index in [0.29, 0.717) is 6.04 Å². The number of amides is 1. The lowest BCUT2D eigenvalue weighted by atomic mass is 10.1. The fourth-order valence-electron chi connectivity index (χ4n) is 2.96. The van der Waals surface area contributed by atoms with Gasteiger partial charge in [0, 0.05) is 31.0 Å². The van der Waals surface area contributed by atoms with E-state index in [9.17, 15) is 4.79 Å². The molecule has 3 heterocycles. The van der Waals surface area contributed by atoms with Crippen LogP contribution in [0.4, 0.5) is 0 Å². The number of carbonyl (C=O) groups is 1. The largest absolute Gasteiger partial charge is 0.348 e. The number of carbonyl (C=O) groups excluding carboxylic acids is 1. The van der Waals surface area contributed by atoms with E-state index in [2.05, 4.69) is 47.6 Å². The van der Waals surface area contributed by atoms with Crippen LogP contribution in [0.1, 0.15) is 32.0 Å². The first-order valence-electron chi connectivity index (χ1n) is 6.63. The van der Waals surface area contributed by atoms with Gasteiger partial charge in [0.1, 0.15) is 6.04 Å². The molecule has 98 valence electrons. The number of nitrogens with zero attached hydrogens (tertiary/aromatic N) is 2. The van der Waals surface area contributed by atoms with Crippen LogP contribution in [-0.4, -0.2) is 34.0 Å². The monoisotopic (exact) mass is 248 g/mol. The van der Waals surface area contributed by atoms with Gasteiger partial charge in [0.2, 0.25) is 5.91 Å². The first-order valence-corrected chi connectivity index (χ1v) is 6.63. The zero-order chi connectivity index (χ0) is 12.7. The van der Waals surface area contributed by atoms with Crippen molar-refractivity contribution in [2.24, 2.45) is 0 Å². The molecule has 1 aromatic heterocycles. The lowest BCUT2D eigenvalue weighted by Crippen LogP contribution is -2.49. The third-order valence-corrected chi connectivity index (χ3v) is 4.02. The van der Waals surface area contributed by atoms with Crippen molar-refractivity contribution in [3.8, 4) is 0 Å². The van der Waals surface area contributed by atoms with Gasteiger partial charge in [-0.2, -0.15) is 0 Å². The van der Waals surface area contributed by atoms with E-state index in [4.69, 9.17) is 0 Å². The highest BCUT2D eigenvalue weighted by atomic mass is 16.2. The quantitative estimate of drug-likeness (QED) is 0.767. The number of hydrogen-bond donors (Lipinski definition) is 2. The van der Waals surface area contributed by atoms with E-state index < -0.39 is 0 Å². The fourth-order valence-corrected chi connectivity index (χ4v) is 2.96. The third kappa shape index (κ3) is 1.83. The van der Waals surface area contributed by atoms with Crippen molar-refractivity contribution in [2.45, 2.75) is 44.9 Å². The van der Waals surface area contributed by atoms with Crippen molar-refractivity contribution >= 4 is 5.91 Å². The van der Waals surface area contributed by atoms with Crippen molar-refractivity contribution in [1.82, 2.24) is 20.3 Å². The van der Waals surface area contributed by atoms with Gasteiger partial charge in [0.25, 0.3) is 0 Å². The molecule has 0 radical (unpaired) electrons. The number of rotatable bonds is 1. The topological polar surface area (TPSA) is 49.3 Å². The molecule has 2 aliphatic heterocycles. The Hall–Kier alpha value is -1.33. The highest BCUT2D eigenvalue weighted by molar-refractivity contribution is 5.82. The minimum Gasteiger partial charge on any atom is -0.348 e. The zero-order valence-corrected chi connectivity index (χ0v) is 10.9. The minimum atomic E-state index is -0.0797. The van der Waals surface area contributed by atoms with Crippen molar-refractivity contribution in [1.29, 1.82) is 0 Å². The van der Waals surface area contributed by atoms with Crippen molar-refractivity contribution in [2.75, 3.05) is 6.54 Å². The Labute approximate surface area is 107 Å². The Morgan fingerprint density at radius 3 is 2.89 bits per heavy atom. The summed E-state index contributed by atoms with van der Waals surface area (Å²) in [7, 11) is 0. The Morgan fingerprint density at radius 2 is 2.17 bits per heavy atom. The smallest absolute Gasteiger partial charge is 0.241 e. The predicted octanol–water partition coefficient (Wildman–Crippen LogP) is 0.646. The molecule has 2 N–H and O–H groups in total. The second-order valence-electron chi connectivity index (χ2n) is 5.31. The van der Waals surface area contributed by atoms with Crippen LogP contribution in [0.15, 0.2) is 18.3 Å². The molecule has 0 aromatic carbocycles. The first-order chi connectivity index (χ1) is 8.66. The van der Waals surface area contributed by atoms with E-state index in [-0.39, 0.29) is 18.0 Å². The van der Waals surface area contributed by atoms with Gasteiger partial charge in [-0.25, -0.2) is 5.43 Å². The molecule has 2 aliphatic rings. The average molecular weight is 248 g/mol. The van der Waals surface area contributed by atoms with Gasteiger partial charge in [-0.1, -0.05) is 0 Å². The summed E-state index contributed by atoms with van der Waals surface area (Å²) in [4.78, 5) is 14.5. The summed E-state index contributed by atoms with van der Waals surface area (Å²) in [6.45, 7) is 5.89. The number of aromatic nitrogens is 1. The highest BCUT2D eigenvalue weighted by Gasteiger charge is 2.34. The van der Waals surface area contributed by atoms with Gasteiger partial charge in [0.15, 0.2) is 0 Å². The molecule has 0 saturated carbocycles. The molecule has 3 unspecified atom stereocenters. The Balaban J connectivity index is 1.76. The van der Waals surface area contributed by atoms with Crippen molar-refractivity contribution in [3.05, 3.63) is 24.0 Å². The lowest BCUT2D eigenvalue weighted by Gasteiger charge is -2.36. The molecule has 18 heavy (non-hydrogen) atoms. The Bertz CT molecular complexity index is 456. The number of hydrogen-bond acceptors (Lipinski definition) is 3. The van der Waals surface area contributed by atoms with Crippen LogP contribution in [0, 0.1) is 0 Å². The van der Waals surface area contributed by atoms with Crippen molar-refractivity contribution in [3.63, 3.8) is 0 Å². The van der Waals surface area contributed by atoms with Gasteiger partial charge in [-0.3, -0.25) is 10.2 Å². The molecule has 3 rings (SSSR count). The minimum absolute atomic E-state index is 0.0797. The average Bonchev–Trinajstić information content (AvgIpc) is 2.97. The van der Waals surface area contributed by atoms with Gasteiger partial charge in [-0.15, -0.1) is 0 Å². The lowest BCUT2D eigenvalue weighted by molar-refractivity contribution is -0.136. The molecule has 1 amide bonds. The van der Waals surface area contributed by atoms with Crippen molar-refractivity contribution < 1.29 is 4.79 Å². The fraction of sp³-hybridized carbons (Fsp3) is 0.615. The molecule has 1 aromatic rings. The van der Waals surface area contributed by atoms with Gasteiger partial charge in [-0.05, 0) is 32.4 Å². The summed E-state index contributed by atoms with van der Waals surface area (Å²) in [5.74, 6) is 0.215. The number of fused-ring (bicyclic) bond motifs is 1. The van der Waals surface area contributed by atoms with Crippen LogP contribution in [0.2, 0.25) is 0 Å². The summed E-state index contributed by atoms with van der Waals surface area (Å²) in [5, 5.41) is 0. The third-order valence-electron chi connectivity index (χ3n) is 4.02. The molecular formula is C13H20N4O. The summed E-state index contributed by atoms with van der Waals surface area (Å²) in [5.41, 5.74) is 7.44. The van der Waals surface area contributed by atoms with Gasteiger partial charge >= 0.3 is 0 Å². The summed E-state index contributed by atoms with van der Waals surface area (Å²) < 4.78 is 2.23. The molecule has 1 saturated heterocycles. The molecule has 0 bridgehead atoms. The van der Waals surface area contributed by atoms with Crippen LogP contribution in [0.3, 0.4) is 0 Å². The number of hydrazine groups is 1. The van der Waals surface area contributed by atoms with E-state index in [1.54, 1.807) is 0 Å². The number of nitrogens with one attached hydrogen (secondary N) is 2. The highest BCUT2D eigenvalue weighted by Crippen LogP contribution is 2.26.